The summed E-state index contributed by atoms with van der Waals surface area (Å²) in [5.41, 5.74) is 0.476. The smallest absolute Gasteiger partial charge is 0.497 e. The van der Waals surface area contributed by atoms with E-state index in [-0.39, 0.29) is 0 Å². The third kappa shape index (κ3) is 2.76. The average molecular weight is 195 g/mol. The molecule has 0 aliphatic carbocycles. The van der Waals surface area contributed by atoms with Crippen molar-refractivity contribution < 1.29 is 19.6 Å². The van der Waals surface area contributed by atoms with Gasteiger partial charge in [-0.05, 0) is 24.3 Å². The van der Waals surface area contributed by atoms with Crippen molar-refractivity contribution in [1.82, 2.24) is 0 Å². The maximum absolute atomic E-state index is 10.8. The van der Waals surface area contributed by atoms with Crippen molar-refractivity contribution in [2.45, 2.75) is 0 Å². The molecule has 0 spiro atoms. The first-order valence-electron chi connectivity index (χ1n) is 3.94. The number of ether oxygens (including phenoxy) is 1. The molecule has 0 fully saturated rings. The molecule has 0 heterocycles. The normalized spacial score (nSPS) is 9.36. The van der Waals surface area contributed by atoms with Crippen LogP contribution in [-0.4, -0.2) is 30.1 Å². The van der Waals surface area contributed by atoms with Crippen molar-refractivity contribution >= 4 is 18.6 Å². The van der Waals surface area contributed by atoms with Gasteiger partial charge in [0.05, 0.1) is 7.11 Å². The number of hydrogen-bond donors (Lipinski definition) is 3. The Kier molecular flexibility index (Phi) is 3.50. The first-order valence-corrected chi connectivity index (χ1v) is 3.94. The highest BCUT2D eigenvalue weighted by atomic mass is 16.5. The molecule has 0 unspecified atom stereocenters. The van der Waals surface area contributed by atoms with E-state index in [1.807, 2.05) is 0 Å². The molecular weight excluding hydrogens is 185 g/mol. The Labute approximate surface area is 81.5 Å². The molecule has 14 heavy (non-hydrogen) atoms. The molecular formula is C8H10BNO4. The van der Waals surface area contributed by atoms with Crippen LogP contribution < -0.4 is 10.1 Å². The fourth-order valence-corrected chi connectivity index (χ4v) is 0.881. The zero-order chi connectivity index (χ0) is 10.6. The summed E-state index contributed by atoms with van der Waals surface area (Å²) < 4.78 is 4.91. The number of rotatable bonds is 3. The van der Waals surface area contributed by atoms with Gasteiger partial charge in [-0.1, -0.05) is 0 Å². The molecule has 0 saturated heterocycles. The number of methoxy groups -OCH3 is 1. The second-order valence-corrected chi connectivity index (χ2v) is 2.59. The van der Waals surface area contributed by atoms with E-state index in [9.17, 15) is 4.79 Å². The molecule has 0 bridgehead atoms. The average Bonchev–Trinajstić information content (AvgIpc) is 2.19. The summed E-state index contributed by atoms with van der Waals surface area (Å²) in [7, 11) is -0.470. The highest BCUT2D eigenvalue weighted by molar-refractivity contribution is 6.80. The van der Waals surface area contributed by atoms with Crippen molar-refractivity contribution in [3.63, 3.8) is 0 Å². The Hall–Kier alpha value is -1.53. The van der Waals surface area contributed by atoms with Gasteiger partial charge in [0.15, 0.2) is 0 Å². The fraction of sp³-hybridized carbons (Fsp3) is 0.125. The number of amides is 1. The SMILES string of the molecule is COc1ccc(NC(=O)B(O)O)cc1. The lowest BCUT2D eigenvalue weighted by atomic mass is 9.90. The Bertz CT molecular complexity index is 312. The van der Waals surface area contributed by atoms with E-state index in [4.69, 9.17) is 14.8 Å². The summed E-state index contributed by atoms with van der Waals surface area (Å²) in [5.74, 6) is -0.206. The van der Waals surface area contributed by atoms with Gasteiger partial charge in [0.2, 0.25) is 0 Å². The summed E-state index contributed by atoms with van der Waals surface area (Å²) >= 11 is 0. The van der Waals surface area contributed by atoms with E-state index >= 15 is 0 Å². The van der Waals surface area contributed by atoms with Gasteiger partial charge in [-0.2, -0.15) is 0 Å². The van der Waals surface area contributed by atoms with Crippen molar-refractivity contribution in [3.8, 4) is 5.75 Å². The maximum Gasteiger partial charge on any atom is 0.552 e. The molecule has 0 aliphatic rings. The number of benzene rings is 1. The van der Waals surface area contributed by atoms with Crippen molar-refractivity contribution in [2.75, 3.05) is 12.4 Å². The lowest BCUT2D eigenvalue weighted by Crippen LogP contribution is -2.30. The molecule has 5 nitrogen and oxygen atoms in total. The van der Waals surface area contributed by atoms with Crippen LogP contribution in [0.3, 0.4) is 0 Å². The molecule has 74 valence electrons. The van der Waals surface area contributed by atoms with Gasteiger partial charge in [-0.25, -0.2) is 0 Å². The summed E-state index contributed by atoms with van der Waals surface area (Å²) in [4.78, 5) is 10.8. The quantitative estimate of drug-likeness (QED) is 0.605. The predicted octanol–water partition coefficient (Wildman–Crippen LogP) is 0.282. The summed E-state index contributed by atoms with van der Waals surface area (Å²) in [6.07, 6.45) is 0. The van der Waals surface area contributed by atoms with Crippen LogP contribution in [0.5, 0.6) is 5.75 Å². The van der Waals surface area contributed by atoms with E-state index in [1.54, 1.807) is 24.3 Å². The van der Waals surface area contributed by atoms with Crippen LogP contribution in [0.25, 0.3) is 0 Å². The van der Waals surface area contributed by atoms with Crippen LogP contribution in [0.1, 0.15) is 0 Å². The second-order valence-electron chi connectivity index (χ2n) is 2.59. The van der Waals surface area contributed by atoms with Crippen molar-refractivity contribution in [3.05, 3.63) is 24.3 Å². The summed E-state index contributed by atoms with van der Waals surface area (Å²) in [6, 6.07) is 6.50. The van der Waals surface area contributed by atoms with Gasteiger partial charge in [0.1, 0.15) is 5.75 Å². The van der Waals surface area contributed by atoms with E-state index < -0.39 is 12.9 Å². The molecule has 1 amide bonds. The minimum Gasteiger partial charge on any atom is -0.497 e. The Morgan fingerprint density at radius 3 is 2.36 bits per heavy atom. The summed E-state index contributed by atoms with van der Waals surface area (Å²) in [6.45, 7) is 0. The first-order chi connectivity index (χ1) is 6.63. The van der Waals surface area contributed by atoms with E-state index in [2.05, 4.69) is 5.32 Å². The molecule has 6 heteroatoms. The highest BCUT2D eigenvalue weighted by Gasteiger charge is 2.19. The summed E-state index contributed by atoms with van der Waals surface area (Å²) in [5, 5.41) is 19.3. The first kappa shape index (κ1) is 10.6. The number of hydrogen-bond acceptors (Lipinski definition) is 4. The maximum atomic E-state index is 10.8. The number of carbonyl (C=O) groups is 1. The Balaban J connectivity index is 2.64. The van der Waals surface area contributed by atoms with Gasteiger partial charge >= 0.3 is 7.12 Å². The van der Waals surface area contributed by atoms with E-state index in [1.165, 1.54) is 7.11 Å². The lowest BCUT2D eigenvalue weighted by Gasteiger charge is -2.04. The Morgan fingerprint density at radius 2 is 1.93 bits per heavy atom. The van der Waals surface area contributed by atoms with E-state index in [0.29, 0.717) is 11.4 Å². The molecule has 0 aromatic heterocycles. The van der Waals surface area contributed by atoms with Crippen LogP contribution in [0.4, 0.5) is 10.5 Å². The fourth-order valence-electron chi connectivity index (χ4n) is 0.881. The zero-order valence-electron chi connectivity index (χ0n) is 7.60. The molecule has 0 atom stereocenters. The molecule has 1 aromatic rings. The third-order valence-corrected chi connectivity index (χ3v) is 1.59. The van der Waals surface area contributed by atoms with Crippen LogP contribution in [0, 0.1) is 0 Å². The molecule has 0 radical (unpaired) electrons. The topological polar surface area (TPSA) is 78.8 Å². The highest BCUT2D eigenvalue weighted by Crippen LogP contribution is 2.14. The van der Waals surface area contributed by atoms with Gasteiger partial charge in [-0.15, -0.1) is 0 Å². The Morgan fingerprint density at radius 1 is 1.36 bits per heavy atom. The van der Waals surface area contributed by atoms with Gasteiger partial charge < -0.3 is 20.1 Å². The van der Waals surface area contributed by atoms with Gasteiger partial charge in [0.25, 0.3) is 5.81 Å². The second kappa shape index (κ2) is 4.64. The van der Waals surface area contributed by atoms with Crippen LogP contribution in [0.2, 0.25) is 0 Å². The minimum atomic E-state index is -2.00. The standard InChI is InChI=1S/C8H10BNO4/c1-14-7-4-2-6(3-5-7)10-8(11)9(12)13/h2-5,12-13H,1H3,(H,10,11). The molecule has 0 aliphatic heterocycles. The van der Waals surface area contributed by atoms with Crippen molar-refractivity contribution in [2.24, 2.45) is 0 Å². The lowest BCUT2D eigenvalue weighted by molar-refractivity contribution is 0.258. The van der Waals surface area contributed by atoms with Crippen LogP contribution in [0.15, 0.2) is 24.3 Å². The zero-order valence-corrected chi connectivity index (χ0v) is 7.60. The number of carbonyl (C=O) groups excluding carboxylic acids is 1. The minimum absolute atomic E-state index is 0.476. The molecule has 1 aromatic carbocycles. The van der Waals surface area contributed by atoms with Crippen LogP contribution in [-0.2, 0) is 0 Å². The number of nitrogens with one attached hydrogen (secondary N) is 1. The third-order valence-electron chi connectivity index (χ3n) is 1.59. The van der Waals surface area contributed by atoms with E-state index in [0.717, 1.165) is 0 Å². The largest absolute Gasteiger partial charge is 0.552 e. The number of anilines is 1. The monoisotopic (exact) mass is 195 g/mol. The molecule has 1 rings (SSSR count). The molecule has 0 saturated carbocycles. The van der Waals surface area contributed by atoms with Crippen LogP contribution >= 0.6 is 0 Å². The molecule has 3 N–H and O–H groups in total. The van der Waals surface area contributed by atoms with Gasteiger partial charge in [-0.3, -0.25) is 4.79 Å². The predicted molar refractivity (Wildman–Crippen MR) is 52.2 cm³/mol. The van der Waals surface area contributed by atoms with Gasteiger partial charge in [0, 0.05) is 5.69 Å². The van der Waals surface area contributed by atoms with Crippen molar-refractivity contribution in [1.29, 1.82) is 0 Å².